The quantitative estimate of drug-likeness (QED) is 0.638. The molecular weight excluding hydrogens is 422 g/mol. The van der Waals surface area contributed by atoms with Gasteiger partial charge in [-0.2, -0.15) is 10.4 Å². The lowest BCUT2D eigenvalue weighted by molar-refractivity contribution is -0.181. The number of rotatable bonds is 4. The number of nitrogens with zero attached hydrogens (tertiary/aromatic N) is 3. The Balaban J connectivity index is 1.26. The van der Waals surface area contributed by atoms with Gasteiger partial charge >= 0.3 is 0 Å². The van der Waals surface area contributed by atoms with E-state index in [0.717, 1.165) is 43.4 Å². The summed E-state index contributed by atoms with van der Waals surface area (Å²) < 4.78 is 1.67. The predicted molar refractivity (Wildman–Crippen MR) is 129 cm³/mol. The second-order valence-corrected chi connectivity index (χ2v) is 13.3. The molecule has 34 heavy (non-hydrogen) atoms. The average Bonchev–Trinajstić information content (AvgIpc) is 3.56. The smallest absolute Gasteiger partial charge is 0.157 e. The average molecular weight is 464 g/mol. The van der Waals surface area contributed by atoms with Crippen LogP contribution >= 0.6 is 0 Å². The maximum absolute atomic E-state index is 13.6. The van der Waals surface area contributed by atoms with Gasteiger partial charge in [-0.15, -0.1) is 0 Å². The van der Waals surface area contributed by atoms with Gasteiger partial charge in [-0.25, -0.2) is 0 Å². The number of Topliss-reactive ketones (excluding diaryl/α,β-unsaturated/α-hetero) is 1. The Kier molecular flexibility index (Phi) is 5.30. The predicted octanol–water partition coefficient (Wildman–Crippen LogP) is 5.51. The molecule has 5 fully saturated rings. The number of hydrogen-bond acceptors (Lipinski definition) is 4. The van der Waals surface area contributed by atoms with Gasteiger partial charge in [-0.1, -0.05) is 13.3 Å². The Morgan fingerprint density at radius 3 is 2.62 bits per heavy atom. The zero-order chi connectivity index (χ0) is 23.7. The molecule has 6 rings (SSSR count). The minimum absolute atomic E-state index is 0.0967. The van der Waals surface area contributed by atoms with Crippen LogP contribution in [-0.4, -0.2) is 26.3 Å². The normalized spacial score (nSPS) is 46.0. The fourth-order valence-electron chi connectivity index (χ4n) is 10.1. The molecule has 5 aliphatic carbocycles. The SMILES string of the molecule is C[C@@]1(O)CC[C@@]2(C3CC3)[C@H](CC[C@H]3[C@@H]4CCC[C@H](C(=O)Cn5cc(C#N)cn5)[C@@]4(C)CC[C@@H]32)C1. The van der Waals surface area contributed by atoms with E-state index in [1.807, 2.05) is 0 Å². The Morgan fingerprint density at radius 1 is 1.09 bits per heavy atom. The topological polar surface area (TPSA) is 78.9 Å². The Bertz CT molecular complexity index is 1000. The second kappa shape index (κ2) is 7.92. The summed E-state index contributed by atoms with van der Waals surface area (Å²) in [6.07, 6.45) is 17.8. The first-order valence-electron chi connectivity index (χ1n) is 13.9. The molecule has 0 spiro atoms. The molecule has 1 N–H and O–H groups in total. The summed E-state index contributed by atoms with van der Waals surface area (Å²) in [5.74, 6) is 4.22. The molecule has 0 amide bonds. The van der Waals surface area contributed by atoms with Gasteiger partial charge in [0, 0.05) is 12.1 Å². The van der Waals surface area contributed by atoms with E-state index in [9.17, 15) is 9.90 Å². The van der Waals surface area contributed by atoms with E-state index in [1.165, 1.54) is 51.4 Å². The third-order valence-corrected chi connectivity index (χ3v) is 11.6. The molecule has 1 aromatic heterocycles. The molecule has 5 heteroatoms. The van der Waals surface area contributed by atoms with Crippen molar-refractivity contribution in [2.45, 2.75) is 103 Å². The van der Waals surface area contributed by atoms with Crippen LogP contribution in [0.4, 0.5) is 0 Å². The van der Waals surface area contributed by atoms with Gasteiger partial charge in [0.2, 0.25) is 0 Å². The van der Waals surface area contributed by atoms with Gasteiger partial charge in [0.25, 0.3) is 0 Å². The molecule has 5 nitrogen and oxygen atoms in total. The van der Waals surface area contributed by atoms with Crippen LogP contribution in [0.25, 0.3) is 0 Å². The number of aromatic nitrogens is 2. The van der Waals surface area contributed by atoms with Crippen LogP contribution in [-0.2, 0) is 11.3 Å². The van der Waals surface area contributed by atoms with Gasteiger partial charge in [0.05, 0.1) is 23.9 Å². The Labute approximate surface area is 204 Å². The lowest BCUT2D eigenvalue weighted by Crippen LogP contribution is -2.60. The lowest BCUT2D eigenvalue weighted by atomic mass is 9.39. The minimum atomic E-state index is -0.473. The van der Waals surface area contributed by atoms with Crippen molar-refractivity contribution in [2.24, 2.45) is 46.3 Å². The molecule has 184 valence electrons. The first-order chi connectivity index (χ1) is 16.3. The third kappa shape index (κ3) is 3.42. The zero-order valence-electron chi connectivity index (χ0n) is 21.0. The summed E-state index contributed by atoms with van der Waals surface area (Å²) in [4.78, 5) is 13.6. The molecular formula is C29H41N3O2. The van der Waals surface area contributed by atoms with Crippen molar-refractivity contribution in [3.8, 4) is 6.07 Å². The Hall–Kier alpha value is -1.67. The monoisotopic (exact) mass is 463 g/mol. The van der Waals surface area contributed by atoms with E-state index in [1.54, 1.807) is 17.1 Å². The van der Waals surface area contributed by atoms with E-state index in [-0.39, 0.29) is 11.3 Å². The number of carbonyl (C=O) groups is 1. The first kappa shape index (κ1) is 22.8. The highest BCUT2D eigenvalue weighted by atomic mass is 16.3. The van der Waals surface area contributed by atoms with E-state index in [0.29, 0.717) is 35.1 Å². The van der Waals surface area contributed by atoms with Gasteiger partial charge < -0.3 is 5.11 Å². The number of fused-ring (bicyclic) bond motifs is 5. The van der Waals surface area contributed by atoms with Crippen molar-refractivity contribution in [3.05, 3.63) is 18.0 Å². The van der Waals surface area contributed by atoms with Gasteiger partial charge in [0.15, 0.2) is 5.78 Å². The molecule has 1 aromatic rings. The molecule has 8 atom stereocenters. The standard InChI is InChI=1S/C29H41N3O2/c1-27(34)12-13-29(20-6-7-20)21(14-27)8-9-22-23-4-3-5-25(28(23,2)11-10-24(22)29)26(33)18-32-17-19(15-30)16-31-32/h16-17,20-25,34H,3-14,18H2,1-2H3/t21-,22+,23+,24+,25-,27-,28+,29-/m1/s1. The number of hydrogen-bond donors (Lipinski definition) is 1. The summed E-state index contributed by atoms with van der Waals surface area (Å²) in [6.45, 7) is 4.82. The van der Waals surface area contributed by atoms with E-state index in [4.69, 9.17) is 5.26 Å². The summed E-state index contributed by atoms with van der Waals surface area (Å²) in [5.41, 5.74) is 0.611. The molecule has 0 radical (unpaired) electrons. The van der Waals surface area contributed by atoms with Gasteiger partial charge in [-0.05, 0) is 118 Å². The summed E-state index contributed by atoms with van der Waals surface area (Å²) in [7, 11) is 0. The van der Waals surface area contributed by atoms with Crippen molar-refractivity contribution >= 4 is 5.78 Å². The summed E-state index contributed by atoms with van der Waals surface area (Å²) in [5, 5.41) is 24.3. The number of aliphatic hydroxyl groups is 1. The fraction of sp³-hybridized carbons (Fsp3) is 0.828. The van der Waals surface area contributed by atoms with Crippen LogP contribution < -0.4 is 0 Å². The van der Waals surface area contributed by atoms with Crippen molar-refractivity contribution in [2.75, 3.05) is 0 Å². The van der Waals surface area contributed by atoms with Gasteiger partial charge in [-0.3, -0.25) is 9.48 Å². The van der Waals surface area contributed by atoms with E-state index in [2.05, 4.69) is 25.0 Å². The fourth-order valence-corrected chi connectivity index (χ4v) is 10.1. The highest BCUT2D eigenvalue weighted by Gasteiger charge is 2.65. The lowest BCUT2D eigenvalue weighted by Gasteiger charge is -2.65. The van der Waals surface area contributed by atoms with Gasteiger partial charge in [0.1, 0.15) is 6.07 Å². The van der Waals surface area contributed by atoms with Crippen LogP contribution in [0.5, 0.6) is 0 Å². The highest BCUT2D eigenvalue weighted by Crippen LogP contribution is 2.72. The van der Waals surface area contributed by atoms with E-state index >= 15 is 0 Å². The zero-order valence-corrected chi connectivity index (χ0v) is 21.0. The minimum Gasteiger partial charge on any atom is -0.390 e. The molecule has 5 aliphatic rings. The maximum Gasteiger partial charge on any atom is 0.157 e. The Morgan fingerprint density at radius 2 is 1.88 bits per heavy atom. The second-order valence-electron chi connectivity index (χ2n) is 13.3. The molecule has 0 bridgehead atoms. The first-order valence-corrected chi connectivity index (χ1v) is 13.9. The number of carbonyl (C=O) groups excluding carboxylic acids is 1. The van der Waals surface area contributed by atoms with Crippen molar-refractivity contribution < 1.29 is 9.90 Å². The molecule has 0 aliphatic heterocycles. The maximum atomic E-state index is 13.6. The van der Waals surface area contributed by atoms with E-state index < -0.39 is 5.60 Å². The van der Waals surface area contributed by atoms with Crippen LogP contribution in [0.15, 0.2) is 12.4 Å². The highest BCUT2D eigenvalue weighted by molar-refractivity contribution is 5.81. The van der Waals surface area contributed by atoms with Crippen LogP contribution in [0.1, 0.15) is 96.5 Å². The largest absolute Gasteiger partial charge is 0.390 e. The summed E-state index contributed by atoms with van der Waals surface area (Å²) >= 11 is 0. The van der Waals surface area contributed by atoms with Crippen molar-refractivity contribution in [1.29, 1.82) is 5.26 Å². The van der Waals surface area contributed by atoms with Crippen LogP contribution in [0, 0.1) is 57.7 Å². The molecule has 0 aromatic carbocycles. The van der Waals surface area contributed by atoms with Crippen molar-refractivity contribution in [1.82, 2.24) is 9.78 Å². The third-order valence-electron chi connectivity index (χ3n) is 11.6. The summed E-state index contributed by atoms with van der Waals surface area (Å²) in [6, 6.07) is 2.12. The molecule has 5 saturated carbocycles. The molecule has 1 heterocycles. The molecule has 0 saturated heterocycles. The number of nitriles is 1. The number of ketones is 1. The van der Waals surface area contributed by atoms with Crippen LogP contribution in [0.3, 0.4) is 0 Å². The van der Waals surface area contributed by atoms with Crippen molar-refractivity contribution in [3.63, 3.8) is 0 Å². The van der Waals surface area contributed by atoms with Crippen LogP contribution in [0.2, 0.25) is 0 Å². The molecule has 0 unspecified atom stereocenters.